The maximum absolute atomic E-state index is 15.8. The number of aromatic amines is 4. The van der Waals surface area contributed by atoms with Crippen LogP contribution in [-0.2, 0) is 93.2 Å². The van der Waals surface area contributed by atoms with Crippen LogP contribution in [-0.4, -0.2) is 153 Å². The van der Waals surface area contributed by atoms with E-state index in [2.05, 4.69) is 19.9 Å². The van der Waals surface area contributed by atoms with Crippen molar-refractivity contribution in [2.24, 2.45) is 0 Å². The van der Waals surface area contributed by atoms with Gasteiger partial charge in [-0.05, 0) is 68.7 Å². The van der Waals surface area contributed by atoms with Gasteiger partial charge in [-0.2, -0.15) is 10.5 Å². The van der Waals surface area contributed by atoms with Crippen molar-refractivity contribution in [1.82, 2.24) is 38.2 Å². The number of phosphoric acid groups is 3. The Bertz CT molecular complexity index is 5320. The number of hydrogen-bond acceptors (Lipinski definition) is 31. The number of benzene rings is 3. The summed E-state index contributed by atoms with van der Waals surface area (Å²) in [5, 5.41) is 19.4. The lowest BCUT2D eigenvalue weighted by molar-refractivity contribution is -0.150. The van der Waals surface area contributed by atoms with Crippen LogP contribution in [0.1, 0.15) is 116 Å². The maximum atomic E-state index is 15.8. The van der Waals surface area contributed by atoms with Gasteiger partial charge >= 0.3 is 52.2 Å². The monoisotopic (exact) mass is 1630 g/mol. The number of nitrogens with zero attached hydrogens (tertiary/aromatic N) is 6. The highest BCUT2D eigenvalue weighted by Gasteiger charge is 2.54. The number of nitrogens with one attached hydrogen (secondary N) is 4. The Balaban J connectivity index is 0.847. The summed E-state index contributed by atoms with van der Waals surface area (Å²) < 4.78 is 155. The van der Waals surface area contributed by atoms with Gasteiger partial charge in [-0.1, -0.05) is 54.6 Å². The molecule has 7 aromatic rings. The Kier molecular flexibility index (Phi) is 26.1. The van der Waals surface area contributed by atoms with Crippen LogP contribution < -0.4 is 54.5 Å². The molecule has 0 spiro atoms. The van der Waals surface area contributed by atoms with E-state index in [1.165, 1.54) is 66.7 Å². The Morgan fingerprint density at radius 2 is 0.920 bits per heavy atom. The van der Waals surface area contributed by atoms with Gasteiger partial charge in [-0.15, -0.1) is 0 Å². The maximum Gasteiger partial charge on any atom is 0.475 e. The molecule has 604 valence electrons. The van der Waals surface area contributed by atoms with Crippen LogP contribution in [0.15, 0.2) is 142 Å². The van der Waals surface area contributed by atoms with Crippen molar-refractivity contribution < 1.29 is 97.1 Å². The normalized spacial score (nSPS) is 26.1. The highest BCUT2D eigenvalue weighted by atomic mass is 31.2. The van der Waals surface area contributed by atoms with Crippen LogP contribution in [0.3, 0.4) is 0 Å². The number of H-pyrrole nitrogens is 4. The molecule has 0 bridgehead atoms. The molecule has 39 nitrogen and oxygen atoms in total. The number of phosphoric ester groups is 3. The summed E-state index contributed by atoms with van der Waals surface area (Å²) >= 11 is 0. The molecule has 5 saturated heterocycles. The van der Waals surface area contributed by atoms with Gasteiger partial charge in [0.15, 0.2) is 0 Å². The van der Waals surface area contributed by atoms with Gasteiger partial charge in [-0.25, -0.2) is 32.9 Å². The summed E-state index contributed by atoms with van der Waals surface area (Å²) in [5.41, 5.74) is -5.81. The number of ether oxygens (including phenoxy) is 8. The van der Waals surface area contributed by atoms with E-state index in [4.69, 9.17) is 78.6 Å². The van der Waals surface area contributed by atoms with Crippen LogP contribution in [0.5, 0.6) is 11.5 Å². The zero-order valence-electron chi connectivity index (χ0n) is 61.9. The average Bonchev–Trinajstić information content (AvgIpc) is 1.28. The standard InChI is InChI=1S/C71H81N10O29P3/c1-40-33-78(67(87)74-63(40)83)58-29-51(102-44(5)82)56(104-58)38-100-112(92,98-27-12-25-73)110-54-32-61(81-36-43(4)66(86)77-70(81)90)106-62(54)50-23-28-99-113(93,107-50)109-53-31-60(80-35-42(3)65(85)76-69(80)89)105-57(53)39-101-111(91,97-26-11-24-72)108-52-30-59(79-34-41(2)64(84)75-68(79)88)103-55(52)37-96-71(45-13-9-8-10-14-45,46-15-19-48(94-6)20-16-46)47-17-21-49(95-7)22-18-47/h8-10,13-22,33-36,50-62H,11-12,23,26-32,37-39H2,1-7H3,(H,74,83,87)(H,75,84,88)(H,76,85,89)(H,77,86,90)/t50?,51-,52-,53-,54-,55+,56+,57+,58+,59+,60+,61+,62-,111?,112?,113-/m0/s1. The molecule has 3 aromatic carbocycles. The number of aromatic nitrogens is 8. The molecule has 0 aliphatic carbocycles. The van der Waals surface area contributed by atoms with Crippen molar-refractivity contribution in [3.8, 4) is 23.6 Å². The minimum absolute atomic E-state index is 0.0476. The second kappa shape index (κ2) is 35.5. The van der Waals surface area contributed by atoms with Crippen molar-refractivity contribution in [3.63, 3.8) is 0 Å². The quantitative estimate of drug-likeness (QED) is 0.0170. The number of methoxy groups -OCH3 is 2. The Morgan fingerprint density at radius 3 is 1.35 bits per heavy atom. The van der Waals surface area contributed by atoms with Crippen LogP contribution in [0, 0.1) is 50.4 Å². The first-order valence-electron chi connectivity index (χ1n) is 35.6. The van der Waals surface area contributed by atoms with Gasteiger partial charge in [0.2, 0.25) is 0 Å². The van der Waals surface area contributed by atoms with Crippen molar-refractivity contribution in [1.29, 1.82) is 10.5 Å². The van der Waals surface area contributed by atoms with Crippen LogP contribution >= 0.6 is 23.5 Å². The third-order valence-corrected chi connectivity index (χ3v) is 23.8. The number of rotatable bonds is 32. The smallest absolute Gasteiger partial charge is 0.475 e. The van der Waals surface area contributed by atoms with Crippen molar-refractivity contribution in [2.45, 2.75) is 165 Å². The summed E-state index contributed by atoms with van der Waals surface area (Å²) in [7, 11) is -12.3. The third kappa shape index (κ3) is 19.0. The lowest BCUT2D eigenvalue weighted by atomic mass is 9.80. The molecule has 16 atom stereocenters. The van der Waals surface area contributed by atoms with E-state index >= 15 is 13.7 Å². The minimum Gasteiger partial charge on any atom is -0.497 e. The summed E-state index contributed by atoms with van der Waals surface area (Å²) in [6.45, 7) is 3.14. The molecular formula is C71H81N10O29P3. The van der Waals surface area contributed by atoms with Crippen LogP contribution in [0.4, 0.5) is 0 Å². The van der Waals surface area contributed by atoms with E-state index in [1.807, 2.05) is 66.7 Å². The predicted octanol–water partition coefficient (Wildman–Crippen LogP) is 5.71. The van der Waals surface area contributed by atoms with Gasteiger partial charge in [0.1, 0.15) is 96.9 Å². The molecule has 5 fully saturated rings. The van der Waals surface area contributed by atoms with E-state index in [1.54, 1.807) is 24.3 Å². The molecule has 4 N–H and O–H groups in total. The third-order valence-electron chi connectivity index (χ3n) is 19.2. The first kappa shape index (κ1) is 83.0. The molecule has 5 aliphatic heterocycles. The van der Waals surface area contributed by atoms with E-state index in [0.29, 0.717) is 28.2 Å². The fourth-order valence-electron chi connectivity index (χ4n) is 13.6. The minimum atomic E-state index is -5.16. The fraction of sp³-hybridized carbons (Fsp3) is 0.479. The zero-order valence-corrected chi connectivity index (χ0v) is 64.6. The molecule has 4 aromatic heterocycles. The van der Waals surface area contributed by atoms with Crippen LogP contribution in [0.2, 0.25) is 0 Å². The molecule has 5 aliphatic rings. The lowest BCUT2D eigenvalue weighted by Crippen LogP contribution is -2.41. The molecule has 113 heavy (non-hydrogen) atoms. The van der Waals surface area contributed by atoms with Crippen LogP contribution in [0.25, 0.3) is 0 Å². The first-order chi connectivity index (χ1) is 54.0. The summed E-state index contributed by atoms with van der Waals surface area (Å²) in [6.07, 6.45) is -15.8. The second-order valence-corrected chi connectivity index (χ2v) is 31.7. The first-order valence-corrected chi connectivity index (χ1v) is 40.0. The SMILES string of the molecule is COc1ccc(C(OC[C@H]2O[C@@H](n3cc(C)c(=O)[nH]c3=O)C[C@@H]2OP(=O)(OCCC#N)OC[C@H]2O[C@@H](n3cc(C)c(=O)[nH]c3=O)C[C@@H]2O[P@@]2(=O)OCCC([C@@H]3O[C@@H](n4cc(C)c(=O)[nH]c4=O)C[C@@H]3OP(=O)(OCCC#N)OC[C@H]3O[C@@H](n4cc(C)c(=O)[nH]c4=O)C[C@@H]3OC(C)=O)O2)(c2ccccc2)c2ccc(OC)cc2)cc1. The lowest BCUT2D eigenvalue weighted by Gasteiger charge is -2.37. The summed E-state index contributed by atoms with van der Waals surface area (Å²) in [5.74, 6) is 0.280. The van der Waals surface area contributed by atoms with Crippen molar-refractivity contribution >= 4 is 29.4 Å². The number of hydrogen-bond donors (Lipinski definition) is 4. The number of aryl methyl sites for hydroxylation is 4. The number of carbonyl (C=O) groups excluding carboxylic acids is 1. The molecular weight excluding hydrogens is 1550 g/mol. The van der Waals surface area contributed by atoms with Gasteiger partial charge < -0.3 is 37.9 Å². The molecule has 9 heterocycles. The largest absolute Gasteiger partial charge is 0.497 e. The Morgan fingerprint density at radius 1 is 0.531 bits per heavy atom. The van der Waals surface area contributed by atoms with E-state index in [-0.39, 0.29) is 54.4 Å². The number of nitriles is 2. The van der Waals surface area contributed by atoms with Crippen molar-refractivity contribution in [3.05, 3.63) is 226 Å². The van der Waals surface area contributed by atoms with E-state index in [0.717, 1.165) is 25.2 Å². The Hall–Kier alpha value is -9.44. The highest BCUT2D eigenvalue weighted by Crippen LogP contribution is 2.61. The highest BCUT2D eigenvalue weighted by molar-refractivity contribution is 7.49. The molecule has 3 unspecified atom stereocenters. The summed E-state index contributed by atoms with van der Waals surface area (Å²) in [4.78, 5) is 126. The second-order valence-electron chi connectivity index (χ2n) is 26.9. The molecule has 0 amide bonds. The topological polar surface area (TPSA) is 492 Å². The summed E-state index contributed by atoms with van der Waals surface area (Å²) in [6, 6.07) is 27.2. The predicted molar refractivity (Wildman–Crippen MR) is 389 cm³/mol. The molecule has 12 rings (SSSR count). The van der Waals surface area contributed by atoms with Gasteiger partial charge in [-0.3, -0.25) is 103 Å². The number of carbonyl (C=O) groups is 1. The van der Waals surface area contributed by atoms with E-state index < -0.39 is 212 Å². The number of esters is 1. The fourth-order valence-corrected chi connectivity index (χ4v) is 18.0. The van der Waals surface area contributed by atoms with Gasteiger partial charge in [0, 0.05) is 86.1 Å². The molecule has 42 heteroatoms. The molecule has 0 radical (unpaired) electrons. The Labute approximate surface area is 641 Å². The van der Waals surface area contributed by atoms with Gasteiger partial charge in [0.05, 0.1) is 78.8 Å². The van der Waals surface area contributed by atoms with Crippen molar-refractivity contribution in [2.75, 3.05) is 53.9 Å². The van der Waals surface area contributed by atoms with Gasteiger partial charge in [0.25, 0.3) is 22.2 Å². The molecule has 0 saturated carbocycles. The zero-order chi connectivity index (χ0) is 80.7. The van der Waals surface area contributed by atoms with E-state index in [9.17, 15) is 53.7 Å². The average molecular weight is 1630 g/mol.